The maximum atomic E-state index is 11.8. The van der Waals surface area contributed by atoms with Crippen LogP contribution in [0.1, 0.15) is 42.5 Å². The van der Waals surface area contributed by atoms with Crippen LogP contribution < -0.4 is 10.9 Å². The Kier molecular flexibility index (Phi) is 3.46. The lowest BCUT2D eigenvalue weighted by atomic mass is 9.86. The molecular weight excluding hydrogens is 226 g/mol. The summed E-state index contributed by atoms with van der Waals surface area (Å²) in [5.41, 5.74) is 3.48. The fourth-order valence-corrected chi connectivity index (χ4v) is 3.26. The second-order valence-electron chi connectivity index (χ2n) is 5.56. The van der Waals surface area contributed by atoms with Gasteiger partial charge in [-0.15, -0.1) is 0 Å². The number of aromatic nitrogens is 2. The standard InChI is InChI=1S/C14H21N3O/c18-14-12-4-2-1-3-11(12)13(16-17-14)9-10-5-7-15-8-6-10/h10,15H,1-9H2,(H,17,18). The number of nitrogens with one attached hydrogen (secondary N) is 2. The van der Waals surface area contributed by atoms with E-state index in [0.29, 0.717) is 0 Å². The summed E-state index contributed by atoms with van der Waals surface area (Å²) < 4.78 is 0. The van der Waals surface area contributed by atoms with E-state index in [0.717, 1.165) is 55.9 Å². The first-order valence-electron chi connectivity index (χ1n) is 7.14. The Morgan fingerprint density at radius 3 is 2.61 bits per heavy atom. The molecule has 98 valence electrons. The summed E-state index contributed by atoms with van der Waals surface area (Å²) >= 11 is 0. The first kappa shape index (κ1) is 11.9. The Bertz CT molecular complexity index is 474. The summed E-state index contributed by atoms with van der Waals surface area (Å²) in [4.78, 5) is 11.8. The van der Waals surface area contributed by atoms with E-state index in [9.17, 15) is 4.79 Å². The molecule has 4 nitrogen and oxygen atoms in total. The van der Waals surface area contributed by atoms with E-state index in [1.165, 1.54) is 24.8 Å². The maximum absolute atomic E-state index is 11.8. The number of piperidine rings is 1. The largest absolute Gasteiger partial charge is 0.317 e. The average Bonchev–Trinajstić information content (AvgIpc) is 2.44. The normalized spacial score (nSPS) is 20.7. The van der Waals surface area contributed by atoms with Gasteiger partial charge in [0.25, 0.3) is 5.56 Å². The quantitative estimate of drug-likeness (QED) is 0.825. The SMILES string of the molecule is O=c1[nH]nc(CC2CCNCC2)c2c1CCCC2. The molecule has 0 bridgehead atoms. The van der Waals surface area contributed by atoms with Crippen LogP contribution in [-0.2, 0) is 19.3 Å². The van der Waals surface area contributed by atoms with Crippen molar-refractivity contribution in [2.75, 3.05) is 13.1 Å². The molecule has 0 atom stereocenters. The number of fused-ring (bicyclic) bond motifs is 1. The van der Waals surface area contributed by atoms with Crippen LogP contribution in [0.3, 0.4) is 0 Å². The molecule has 18 heavy (non-hydrogen) atoms. The van der Waals surface area contributed by atoms with E-state index in [2.05, 4.69) is 15.5 Å². The molecule has 2 aliphatic rings. The summed E-state index contributed by atoms with van der Waals surface area (Å²) in [5.74, 6) is 0.732. The van der Waals surface area contributed by atoms with Crippen molar-refractivity contribution in [1.29, 1.82) is 0 Å². The average molecular weight is 247 g/mol. The summed E-state index contributed by atoms with van der Waals surface area (Å²) in [6.45, 7) is 2.24. The molecule has 0 aromatic carbocycles. The van der Waals surface area contributed by atoms with Gasteiger partial charge in [0, 0.05) is 5.56 Å². The zero-order chi connectivity index (χ0) is 12.4. The van der Waals surface area contributed by atoms with Crippen molar-refractivity contribution < 1.29 is 0 Å². The molecule has 1 aliphatic heterocycles. The first-order chi connectivity index (χ1) is 8.84. The second kappa shape index (κ2) is 5.22. The molecule has 4 heteroatoms. The van der Waals surface area contributed by atoms with Gasteiger partial charge in [0.15, 0.2) is 0 Å². The van der Waals surface area contributed by atoms with E-state index in [4.69, 9.17) is 0 Å². The topological polar surface area (TPSA) is 57.8 Å². The van der Waals surface area contributed by atoms with Gasteiger partial charge in [0.2, 0.25) is 0 Å². The zero-order valence-corrected chi connectivity index (χ0v) is 10.8. The highest BCUT2D eigenvalue weighted by molar-refractivity contribution is 5.30. The van der Waals surface area contributed by atoms with Crippen molar-refractivity contribution in [3.8, 4) is 0 Å². The molecule has 3 rings (SSSR count). The maximum Gasteiger partial charge on any atom is 0.267 e. The third-order valence-corrected chi connectivity index (χ3v) is 4.32. The number of aromatic amines is 1. The summed E-state index contributed by atoms with van der Waals surface area (Å²) in [7, 11) is 0. The minimum absolute atomic E-state index is 0.0405. The molecule has 0 radical (unpaired) electrons. The number of nitrogens with zero attached hydrogens (tertiary/aromatic N) is 1. The minimum Gasteiger partial charge on any atom is -0.317 e. The van der Waals surface area contributed by atoms with Gasteiger partial charge in [-0.3, -0.25) is 4.79 Å². The Labute approximate surface area is 107 Å². The molecule has 0 amide bonds. The van der Waals surface area contributed by atoms with Crippen LogP contribution in [0.15, 0.2) is 4.79 Å². The highest BCUT2D eigenvalue weighted by Crippen LogP contribution is 2.24. The van der Waals surface area contributed by atoms with Gasteiger partial charge < -0.3 is 5.32 Å². The Hall–Kier alpha value is -1.16. The molecule has 0 saturated carbocycles. The fraction of sp³-hybridized carbons (Fsp3) is 0.714. The third kappa shape index (κ3) is 2.34. The van der Waals surface area contributed by atoms with Gasteiger partial charge in [0.1, 0.15) is 0 Å². The van der Waals surface area contributed by atoms with E-state index >= 15 is 0 Å². The summed E-state index contributed by atoms with van der Waals surface area (Å²) in [5, 5.41) is 10.4. The van der Waals surface area contributed by atoms with Gasteiger partial charge in [-0.25, -0.2) is 5.10 Å². The molecular formula is C14H21N3O. The van der Waals surface area contributed by atoms with Crippen molar-refractivity contribution in [1.82, 2.24) is 15.5 Å². The second-order valence-corrected chi connectivity index (χ2v) is 5.56. The third-order valence-electron chi connectivity index (χ3n) is 4.32. The molecule has 1 aromatic heterocycles. The lowest BCUT2D eigenvalue weighted by Gasteiger charge is -2.24. The van der Waals surface area contributed by atoms with Crippen molar-refractivity contribution in [2.45, 2.75) is 44.9 Å². The van der Waals surface area contributed by atoms with E-state index in [1.807, 2.05) is 0 Å². The predicted molar refractivity (Wildman–Crippen MR) is 70.8 cm³/mol. The number of H-pyrrole nitrogens is 1. The van der Waals surface area contributed by atoms with Gasteiger partial charge in [-0.1, -0.05) is 0 Å². The number of hydrogen-bond acceptors (Lipinski definition) is 3. The number of rotatable bonds is 2. The molecule has 0 unspecified atom stereocenters. The molecule has 2 N–H and O–H groups in total. The lowest BCUT2D eigenvalue weighted by Crippen LogP contribution is -2.30. The number of hydrogen-bond donors (Lipinski definition) is 2. The highest BCUT2D eigenvalue weighted by atomic mass is 16.1. The Morgan fingerprint density at radius 2 is 1.83 bits per heavy atom. The highest BCUT2D eigenvalue weighted by Gasteiger charge is 2.21. The van der Waals surface area contributed by atoms with Crippen molar-refractivity contribution in [3.63, 3.8) is 0 Å². The van der Waals surface area contributed by atoms with Crippen LogP contribution in [0.4, 0.5) is 0 Å². The van der Waals surface area contributed by atoms with Crippen LogP contribution in [0, 0.1) is 5.92 Å². The van der Waals surface area contributed by atoms with Crippen LogP contribution in [0.2, 0.25) is 0 Å². The molecule has 2 heterocycles. The molecule has 1 aromatic rings. The predicted octanol–water partition coefficient (Wildman–Crippen LogP) is 1.19. The molecule has 0 spiro atoms. The van der Waals surface area contributed by atoms with E-state index in [-0.39, 0.29) is 5.56 Å². The van der Waals surface area contributed by atoms with Gasteiger partial charge in [-0.05, 0) is 69.5 Å². The van der Waals surface area contributed by atoms with Crippen LogP contribution in [0.25, 0.3) is 0 Å². The summed E-state index contributed by atoms with van der Waals surface area (Å²) in [6, 6.07) is 0. The summed E-state index contributed by atoms with van der Waals surface area (Å²) in [6.07, 6.45) is 7.84. The van der Waals surface area contributed by atoms with E-state index < -0.39 is 0 Å². The fourth-order valence-electron chi connectivity index (χ4n) is 3.26. The Morgan fingerprint density at radius 1 is 1.11 bits per heavy atom. The van der Waals surface area contributed by atoms with Crippen molar-refractivity contribution in [2.24, 2.45) is 5.92 Å². The lowest BCUT2D eigenvalue weighted by molar-refractivity contribution is 0.367. The molecule has 1 fully saturated rings. The van der Waals surface area contributed by atoms with Gasteiger partial charge in [0.05, 0.1) is 5.69 Å². The van der Waals surface area contributed by atoms with E-state index in [1.54, 1.807) is 0 Å². The van der Waals surface area contributed by atoms with Crippen molar-refractivity contribution in [3.05, 3.63) is 27.2 Å². The van der Waals surface area contributed by atoms with Crippen LogP contribution >= 0.6 is 0 Å². The van der Waals surface area contributed by atoms with Gasteiger partial charge >= 0.3 is 0 Å². The molecule has 1 aliphatic carbocycles. The van der Waals surface area contributed by atoms with Crippen LogP contribution in [0.5, 0.6) is 0 Å². The first-order valence-corrected chi connectivity index (χ1v) is 7.14. The molecule has 1 saturated heterocycles. The zero-order valence-electron chi connectivity index (χ0n) is 10.8. The van der Waals surface area contributed by atoms with Crippen LogP contribution in [-0.4, -0.2) is 23.3 Å². The van der Waals surface area contributed by atoms with Gasteiger partial charge in [-0.2, -0.15) is 5.10 Å². The smallest absolute Gasteiger partial charge is 0.267 e. The van der Waals surface area contributed by atoms with Crippen molar-refractivity contribution >= 4 is 0 Å². The minimum atomic E-state index is 0.0405. The Balaban J connectivity index is 1.85. The monoisotopic (exact) mass is 247 g/mol.